The highest BCUT2D eigenvalue weighted by atomic mass is 35.5. The molecule has 2 aliphatic heterocycles. The maximum absolute atomic E-state index is 13.6. The highest BCUT2D eigenvalue weighted by Gasteiger charge is 2.55. The number of aliphatic imine (C=N–C) groups is 1. The molecule has 8 rings (SSSR count). The third-order valence-electron chi connectivity index (χ3n) is 7.88. The molecule has 2 aromatic carbocycles. The average molecular weight is 522 g/mol. The smallest absolute Gasteiger partial charge is 0.254 e. The Morgan fingerprint density at radius 1 is 1.13 bits per heavy atom. The lowest BCUT2D eigenvalue weighted by atomic mass is 9.97. The number of halogens is 1. The van der Waals surface area contributed by atoms with Crippen molar-refractivity contribution in [3.63, 3.8) is 0 Å². The van der Waals surface area contributed by atoms with Crippen LogP contribution < -0.4 is 5.56 Å². The summed E-state index contributed by atoms with van der Waals surface area (Å²) in [6, 6.07) is 13.2. The number of allylic oxidation sites excluding steroid dienone is 1. The molecule has 10 nitrogen and oxygen atoms in total. The SMILES string of the molecule is Cc1[nH]nc2cc(C3=CN=C(C4C5CC5c5nc(-c6cc(Cl)ccc6-n6cnnn6)cc(=O)n54)C3)ccc12. The molecule has 11 heteroatoms. The van der Waals surface area contributed by atoms with E-state index in [0.717, 1.165) is 45.7 Å². The van der Waals surface area contributed by atoms with Gasteiger partial charge < -0.3 is 0 Å². The normalized spacial score (nSPS) is 21.4. The predicted molar refractivity (Wildman–Crippen MR) is 142 cm³/mol. The number of hydrogen-bond donors (Lipinski definition) is 1. The molecule has 3 atom stereocenters. The molecule has 0 bridgehead atoms. The topological polar surface area (TPSA) is 120 Å². The summed E-state index contributed by atoms with van der Waals surface area (Å²) in [7, 11) is 0. The van der Waals surface area contributed by atoms with Crippen molar-refractivity contribution in [2.45, 2.75) is 31.7 Å². The largest absolute Gasteiger partial charge is 0.287 e. The van der Waals surface area contributed by atoms with Gasteiger partial charge in [0.25, 0.3) is 5.56 Å². The molecule has 1 fully saturated rings. The lowest BCUT2D eigenvalue weighted by molar-refractivity contribution is 0.576. The summed E-state index contributed by atoms with van der Waals surface area (Å²) in [5.74, 6) is 1.40. The minimum atomic E-state index is -0.0885. The number of aromatic nitrogens is 8. The number of tetrazole rings is 1. The summed E-state index contributed by atoms with van der Waals surface area (Å²) < 4.78 is 3.39. The first-order valence-corrected chi connectivity index (χ1v) is 12.8. The maximum Gasteiger partial charge on any atom is 0.254 e. The molecule has 1 saturated carbocycles. The molecule has 0 radical (unpaired) electrons. The minimum absolute atomic E-state index is 0.0764. The van der Waals surface area contributed by atoms with Crippen LogP contribution in [0, 0.1) is 12.8 Å². The van der Waals surface area contributed by atoms with Gasteiger partial charge in [0, 0.05) is 52.0 Å². The molecule has 3 aliphatic rings. The number of hydrogen-bond acceptors (Lipinski definition) is 7. The molecular formula is C27H20ClN9O. The Morgan fingerprint density at radius 2 is 2.05 bits per heavy atom. The number of nitrogens with zero attached hydrogens (tertiary/aromatic N) is 8. The van der Waals surface area contributed by atoms with Crippen LogP contribution in [0.5, 0.6) is 0 Å². The average Bonchev–Trinajstić information content (AvgIpc) is 3.35. The zero-order chi connectivity index (χ0) is 25.5. The Morgan fingerprint density at radius 3 is 2.92 bits per heavy atom. The van der Waals surface area contributed by atoms with Crippen LogP contribution in [0.1, 0.15) is 41.9 Å². The van der Waals surface area contributed by atoms with Gasteiger partial charge in [-0.1, -0.05) is 23.7 Å². The van der Waals surface area contributed by atoms with Crippen LogP contribution >= 0.6 is 11.6 Å². The lowest BCUT2D eigenvalue weighted by Crippen LogP contribution is -2.30. The van der Waals surface area contributed by atoms with Crippen LogP contribution in [0.2, 0.25) is 5.02 Å². The number of aryl methyl sites for hydroxylation is 1. The van der Waals surface area contributed by atoms with Gasteiger partial charge in [0.2, 0.25) is 0 Å². The molecule has 1 aliphatic carbocycles. The monoisotopic (exact) mass is 521 g/mol. The van der Waals surface area contributed by atoms with Crippen molar-refractivity contribution in [3.8, 4) is 16.9 Å². The van der Waals surface area contributed by atoms with E-state index in [4.69, 9.17) is 21.6 Å². The summed E-state index contributed by atoms with van der Waals surface area (Å²) in [5.41, 5.74) is 7.13. The summed E-state index contributed by atoms with van der Waals surface area (Å²) in [5, 5.41) is 20.6. The van der Waals surface area contributed by atoms with Crippen molar-refractivity contribution >= 4 is 33.8 Å². The van der Waals surface area contributed by atoms with Crippen molar-refractivity contribution in [1.29, 1.82) is 0 Å². The van der Waals surface area contributed by atoms with Crippen molar-refractivity contribution in [2.75, 3.05) is 0 Å². The quantitative estimate of drug-likeness (QED) is 0.377. The predicted octanol–water partition coefficient (Wildman–Crippen LogP) is 4.27. The second-order valence-electron chi connectivity index (χ2n) is 10.1. The molecule has 5 aromatic rings. The van der Waals surface area contributed by atoms with Gasteiger partial charge in [-0.15, -0.1) is 5.10 Å². The first-order chi connectivity index (χ1) is 18.5. The van der Waals surface area contributed by atoms with Gasteiger partial charge in [-0.05, 0) is 65.1 Å². The third-order valence-corrected chi connectivity index (χ3v) is 8.12. The van der Waals surface area contributed by atoms with Gasteiger partial charge in [-0.2, -0.15) is 9.78 Å². The number of benzene rings is 2. The van der Waals surface area contributed by atoms with Crippen molar-refractivity contribution < 1.29 is 0 Å². The fourth-order valence-electron chi connectivity index (χ4n) is 5.97. The summed E-state index contributed by atoms with van der Waals surface area (Å²) >= 11 is 6.33. The van der Waals surface area contributed by atoms with Crippen LogP contribution in [0.4, 0.5) is 0 Å². The fourth-order valence-corrected chi connectivity index (χ4v) is 6.14. The van der Waals surface area contributed by atoms with Gasteiger partial charge in [0.05, 0.1) is 22.9 Å². The van der Waals surface area contributed by atoms with Crippen molar-refractivity contribution in [2.24, 2.45) is 10.9 Å². The molecule has 3 unspecified atom stereocenters. The molecule has 1 N–H and O–H groups in total. The van der Waals surface area contributed by atoms with Crippen LogP contribution in [0.3, 0.4) is 0 Å². The van der Waals surface area contributed by atoms with E-state index in [-0.39, 0.29) is 17.5 Å². The van der Waals surface area contributed by atoms with Gasteiger partial charge >= 0.3 is 0 Å². The molecule has 38 heavy (non-hydrogen) atoms. The Kier molecular flexibility index (Phi) is 4.43. The Hall–Kier alpha value is -4.44. The van der Waals surface area contributed by atoms with E-state index in [9.17, 15) is 4.79 Å². The van der Waals surface area contributed by atoms with Crippen LogP contribution in [-0.4, -0.2) is 45.7 Å². The van der Waals surface area contributed by atoms with Gasteiger partial charge in [0.1, 0.15) is 12.2 Å². The van der Waals surface area contributed by atoms with E-state index >= 15 is 0 Å². The van der Waals surface area contributed by atoms with Gasteiger partial charge in [-0.25, -0.2) is 4.98 Å². The molecule has 0 amide bonds. The van der Waals surface area contributed by atoms with E-state index in [0.29, 0.717) is 34.3 Å². The molecule has 0 spiro atoms. The van der Waals surface area contributed by atoms with E-state index in [1.54, 1.807) is 22.9 Å². The first-order valence-electron chi connectivity index (χ1n) is 12.4. The van der Waals surface area contributed by atoms with Crippen LogP contribution in [-0.2, 0) is 0 Å². The van der Waals surface area contributed by atoms with Crippen molar-refractivity contribution in [3.05, 3.63) is 87.5 Å². The standard InChI is InChI=1S/C27H20ClN9O/c1-13-17-4-2-14(6-22(17)33-32-13)15-7-23(29-11-15)26-18-9-19(18)27-31-21(10-25(38)37(26)27)20-8-16(28)3-5-24(20)36-12-30-34-35-36/h2-6,8,10-12,18-19,26H,7,9H2,1H3,(H,32,33). The summed E-state index contributed by atoms with van der Waals surface area (Å²) in [4.78, 5) is 23.4. The highest BCUT2D eigenvalue weighted by molar-refractivity contribution is 6.31. The fraction of sp³-hybridized carbons (Fsp3) is 0.222. The van der Waals surface area contributed by atoms with Crippen molar-refractivity contribution in [1.82, 2.24) is 40.0 Å². The van der Waals surface area contributed by atoms with Gasteiger partial charge in [0.15, 0.2) is 0 Å². The first kappa shape index (κ1) is 21.6. The Labute approximate surface area is 220 Å². The molecule has 0 saturated heterocycles. The second-order valence-corrected chi connectivity index (χ2v) is 10.5. The number of H-pyrrole nitrogens is 1. The van der Waals surface area contributed by atoms with Crippen LogP contribution in [0.25, 0.3) is 33.4 Å². The Bertz CT molecular complexity index is 1900. The number of nitrogens with one attached hydrogen (secondary N) is 1. The van der Waals surface area contributed by atoms with E-state index < -0.39 is 0 Å². The van der Waals surface area contributed by atoms with Crippen LogP contribution in [0.15, 0.2) is 64.8 Å². The third kappa shape index (κ3) is 3.16. The maximum atomic E-state index is 13.6. The molecule has 3 aromatic heterocycles. The van der Waals surface area contributed by atoms with E-state index in [1.165, 1.54) is 6.33 Å². The van der Waals surface area contributed by atoms with Gasteiger partial charge in [-0.3, -0.25) is 19.5 Å². The van der Waals surface area contributed by atoms with E-state index in [1.807, 2.05) is 23.8 Å². The number of aromatic amines is 1. The molecular weight excluding hydrogens is 502 g/mol. The number of fused-ring (bicyclic) bond motifs is 4. The molecule has 5 heterocycles. The Balaban J connectivity index is 1.14. The molecule has 186 valence electrons. The minimum Gasteiger partial charge on any atom is -0.287 e. The van der Waals surface area contributed by atoms with E-state index in [2.05, 4.69) is 43.9 Å². The highest BCUT2D eigenvalue weighted by Crippen LogP contribution is 2.59. The zero-order valence-corrected chi connectivity index (χ0v) is 21.0. The second kappa shape index (κ2) is 7.78. The number of rotatable bonds is 4. The summed E-state index contributed by atoms with van der Waals surface area (Å²) in [6.45, 7) is 2.02. The lowest BCUT2D eigenvalue weighted by Gasteiger charge is -2.19. The summed E-state index contributed by atoms with van der Waals surface area (Å²) in [6.07, 6.45) is 5.15. The zero-order valence-electron chi connectivity index (χ0n) is 20.2.